The second kappa shape index (κ2) is 5.05. The standard InChI is InChI=1S/C10H15NO3S2/c1-4-5-8-10(7(2)12)15-9(11-8)6-16(3,13)14/h4-6H2,1-3H3. The van der Waals surface area contributed by atoms with Gasteiger partial charge in [-0.25, -0.2) is 13.4 Å². The van der Waals surface area contributed by atoms with Crippen LogP contribution in [0.1, 0.15) is 40.6 Å². The minimum absolute atomic E-state index is 0.0410. The Kier molecular flexibility index (Phi) is 4.21. The summed E-state index contributed by atoms with van der Waals surface area (Å²) in [5.74, 6) is -0.123. The maximum absolute atomic E-state index is 11.3. The van der Waals surface area contributed by atoms with Crippen LogP contribution in [0, 0.1) is 0 Å². The van der Waals surface area contributed by atoms with Crippen LogP contribution in [-0.2, 0) is 22.0 Å². The highest BCUT2D eigenvalue weighted by atomic mass is 32.2. The SMILES string of the molecule is CCCc1nc(CS(C)(=O)=O)sc1C(C)=O. The first-order chi connectivity index (χ1) is 7.33. The minimum atomic E-state index is -3.08. The maximum Gasteiger partial charge on any atom is 0.171 e. The number of nitrogens with zero attached hydrogens (tertiary/aromatic N) is 1. The Morgan fingerprint density at radius 3 is 2.50 bits per heavy atom. The topological polar surface area (TPSA) is 64.1 Å². The van der Waals surface area contributed by atoms with Gasteiger partial charge < -0.3 is 0 Å². The average molecular weight is 261 g/mol. The molecule has 0 unspecified atom stereocenters. The first-order valence-electron chi connectivity index (χ1n) is 5.00. The zero-order chi connectivity index (χ0) is 12.3. The fraction of sp³-hybridized carbons (Fsp3) is 0.600. The summed E-state index contributed by atoms with van der Waals surface area (Å²) in [4.78, 5) is 16.2. The van der Waals surface area contributed by atoms with Gasteiger partial charge in [-0.05, 0) is 6.42 Å². The summed E-state index contributed by atoms with van der Waals surface area (Å²) in [6.07, 6.45) is 2.78. The molecule has 0 spiro atoms. The molecule has 1 rings (SSSR count). The maximum atomic E-state index is 11.3. The number of thiazole rings is 1. The molecule has 1 aromatic heterocycles. The second-order valence-electron chi connectivity index (χ2n) is 3.76. The summed E-state index contributed by atoms with van der Waals surface area (Å²) < 4.78 is 22.3. The van der Waals surface area contributed by atoms with Crippen LogP contribution < -0.4 is 0 Å². The summed E-state index contributed by atoms with van der Waals surface area (Å²) in [6.45, 7) is 3.48. The van der Waals surface area contributed by atoms with Gasteiger partial charge in [-0.1, -0.05) is 13.3 Å². The molecule has 0 fully saturated rings. The van der Waals surface area contributed by atoms with Gasteiger partial charge in [0, 0.05) is 13.2 Å². The van der Waals surface area contributed by atoms with E-state index in [9.17, 15) is 13.2 Å². The molecule has 0 atom stereocenters. The fourth-order valence-corrected chi connectivity index (χ4v) is 3.56. The minimum Gasteiger partial charge on any atom is -0.294 e. The first-order valence-corrected chi connectivity index (χ1v) is 7.88. The van der Waals surface area contributed by atoms with Crippen molar-refractivity contribution >= 4 is 27.0 Å². The van der Waals surface area contributed by atoms with Crippen LogP contribution in [0.2, 0.25) is 0 Å². The molecule has 0 aromatic carbocycles. The van der Waals surface area contributed by atoms with E-state index in [0.29, 0.717) is 9.88 Å². The molecule has 1 heterocycles. The number of carbonyl (C=O) groups excluding carboxylic acids is 1. The van der Waals surface area contributed by atoms with Gasteiger partial charge in [0.15, 0.2) is 15.6 Å². The number of rotatable bonds is 5. The summed E-state index contributed by atoms with van der Waals surface area (Å²) in [5, 5.41) is 0.510. The quantitative estimate of drug-likeness (QED) is 0.759. The highest BCUT2D eigenvalue weighted by Gasteiger charge is 2.16. The molecule has 0 saturated heterocycles. The van der Waals surface area contributed by atoms with Crippen LogP contribution in [0.4, 0.5) is 0 Å². The molecule has 0 aliphatic carbocycles. The van der Waals surface area contributed by atoms with Gasteiger partial charge in [-0.2, -0.15) is 0 Å². The van der Waals surface area contributed by atoms with Gasteiger partial charge >= 0.3 is 0 Å². The van der Waals surface area contributed by atoms with Gasteiger partial charge in [0.25, 0.3) is 0 Å². The summed E-state index contributed by atoms with van der Waals surface area (Å²) in [5.41, 5.74) is 0.735. The summed E-state index contributed by atoms with van der Waals surface area (Å²) >= 11 is 1.19. The fourth-order valence-electron chi connectivity index (χ4n) is 1.37. The normalized spacial score (nSPS) is 11.7. The lowest BCUT2D eigenvalue weighted by Gasteiger charge is -1.94. The molecular formula is C10H15NO3S2. The number of carbonyl (C=O) groups is 1. The van der Waals surface area contributed by atoms with Crippen LogP contribution in [0.15, 0.2) is 0 Å². The molecule has 0 N–H and O–H groups in total. The smallest absolute Gasteiger partial charge is 0.171 e. The average Bonchev–Trinajstić information content (AvgIpc) is 2.45. The number of ketones is 1. The van der Waals surface area contributed by atoms with Gasteiger partial charge in [-0.3, -0.25) is 4.79 Å². The van der Waals surface area contributed by atoms with E-state index in [4.69, 9.17) is 0 Å². The molecule has 90 valence electrons. The van der Waals surface area contributed by atoms with E-state index in [-0.39, 0.29) is 11.5 Å². The first kappa shape index (κ1) is 13.3. The van der Waals surface area contributed by atoms with Crippen LogP contribution in [0.3, 0.4) is 0 Å². The number of aryl methyl sites for hydroxylation is 1. The zero-order valence-electron chi connectivity index (χ0n) is 9.61. The van der Waals surface area contributed by atoms with E-state index in [1.807, 2.05) is 6.92 Å². The zero-order valence-corrected chi connectivity index (χ0v) is 11.2. The number of sulfone groups is 1. The van der Waals surface area contributed by atoms with E-state index in [1.54, 1.807) is 0 Å². The van der Waals surface area contributed by atoms with Gasteiger partial charge in [0.05, 0.1) is 10.6 Å². The number of hydrogen-bond donors (Lipinski definition) is 0. The predicted molar refractivity (Wildman–Crippen MR) is 64.7 cm³/mol. The molecule has 0 saturated carbocycles. The molecule has 16 heavy (non-hydrogen) atoms. The lowest BCUT2D eigenvalue weighted by Crippen LogP contribution is -2.00. The van der Waals surface area contributed by atoms with Crippen molar-refractivity contribution in [3.05, 3.63) is 15.6 Å². The number of hydrogen-bond acceptors (Lipinski definition) is 5. The van der Waals surface area contributed by atoms with E-state index < -0.39 is 9.84 Å². The van der Waals surface area contributed by atoms with Crippen molar-refractivity contribution in [3.8, 4) is 0 Å². The third-order valence-electron chi connectivity index (χ3n) is 1.93. The van der Waals surface area contributed by atoms with Crippen molar-refractivity contribution in [2.24, 2.45) is 0 Å². The Labute approximate surface area is 99.6 Å². The molecule has 1 aromatic rings. The third kappa shape index (κ3) is 3.68. The number of aromatic nitrogens is 1. The Morgan fingerprint density at radius 2 is 2.06 bits per heavy atom. The molecule has 0 bridgehead atoms. The molecular weight excluding hydrogens is 246 g/mol. The number of Topliss-reactive ketones (excluding diaryl/α,β-unsaturated/α-hetero) is 1. The molecule has 0 radical (unpaired) electrons. The highest BCUT2D eigenvalue weighted by Crippen LogP contribution is 2.22. The van der Waals surface area contributed by atoms with Crippen molar-refractivity contribution in [2.75, 3.05) is 6.26 Å². The van der Waals surface area contributed by atoms with Crippen molar-refractivity contribution in [2.45, 2.75) is 32.4 Å². The highest BCUT2D eigenvalue weighted by molar-refractivity contribution is 7.90. The Balaban J connectivity index is 3.06. The second-order valence-corrected chi connectivity index (χ2v) is 6.98. The van der Waals surface area contributed by atoms with Crippen molar-refractivity contribution in [1.29, 1.82) is 0 Å². The molecule has 6 heteroatoms. The van der Waals surface area contributed by atoms with Crippen LogP contribution in [0.5, 0.6) is 0 Å². The lowest BCUT2D eigenvalue weighted by atomic mass is 10.2. The van der Waals surface area contributed by atoms with E-state index in [1.165, 1.54) is 24.5 Å². The van der Waals surface area contributed by atoms with Crippen LogP contribution in [0.25, 0.3) is 0 Å². The Morgan fingerprint density at radius 1 is 1.44 bits per heavy atom. The summed E-state index contributed by atoms with van der Waals surface area (Å²) in [7, 11) is -3.08. The van der Waals surface area contributed by atoms with Crippen LogP contribution in [-0.4, -0.2) is 25.4 Å². The van der Waals surface area contributed by atoms with Crippen molar-refractivity contribution in [1.82, 2.24) is 4.98 Å². The van der Waals surface area contributed by atoms with Gasteiger partial charge in [0.1, 0.15) is 10.8 Å². The Hall–Kier alpha value is -0.750. The summed E-state index contributed by atoms with van der Waals surface area (Å²) in [6, 6.07) is 0. The predicted octanol–water partition coefficient (Wildman–Crippen LogP) is 1.84. The monoisotopic (exact) mass is 261 g/mol. The third-order valence-corrected chi connectivity index (χ3v) is 4.11. The largest absolute Gasteiger partial charge is 0.294 e. The molecule has 4 nitrogen and oxygen atoms in total. The van der Waals surface area contributed by atoms with Crippen LogP contribution >= 0.6 is 11.3 Å². The molecule has 0 aliphatic heterocycles. The van der Waals surface area contributed by atoms with Crippen molar-refractivity contribution < 1.29 is 13.2 Å². The lowest BCUT2D eigenvalue weighted by molar-refractivity contribution is 0.102. The van der Waals surface area contributed by atoms with E-state index in [2.05, 4.69) is 4.98 Å². The van der Waals surface area contributed by atoms with Gasteiger partial charge in [0.2, 0.25) is 0 Å². The van der Waals surface area contributed by atoms with Gasteiger partial charge in [-0.15, -0.1) is 11.3 Å². The van der Waals surface area contributed by atoms with E-state index in [0.717, 1.165) is 18.5 Å². The van der Waals surface area contributed by atoms with Crippen molar-refractivity contribution in [3.63, 3.8) is 0 Å². The van der Waals surface area contributed by atoms with E-state index >= 15 is 0 Å². The molecule has 0 amide bonds. The molecule has 0 aliphatic rings. The Bertz CT molecular complexity index is 488.